The summed E-state index contributed by atoms with van der Waals surface area (Å²) in [6, 6.07) is 10.9. The number of halogens is 1. The lowest BCUT2D eigenvalue weighted by molar-refractivity contribution is -0.130. The van der Waals surface area contributed by atoms with Gasteiger partial charge in [-0.2, -0.15) is 0 Å². The molecule has 1 saturated heterocycles. The number of rotatable bonds is 7. The summed E-state index contributed by atoms with van der Waals surface area (Å²) in [4.78, 5) is 25.2. The van der Waals surface area contributed by atoms with E-state index in [0.717, 1.165) is 10.4 Å². The van der Waals surface area contributed by atoms with Gasteiger partial charge in [-0.05, 0) is 49.7 Å². The number of carbonyl (C=O) groups excluding carboxylic acids is 2. The van der Waals surface area contributed by atoms with E-state index in [1.807, 2.05) is 24.3 Å². The van der Waals surface area contributed by atoms with Crippen molar-refractivity contribution in [2.45, 2.75) is 30.4 Å². The van der Waals surface area contributed by atoms with Crippen LogP contribution >= 0.6 is 23.7 Å². The molecule has 1 aliphatic rings. The fourth-order valence-corrected chi connectivity index (χ4v) is 7.54. The Morgan fingerprint density at radius 3 is 2.61 bits per heavy atom. The standard InChI is InChI=1S/C20H25N3O5S2.ClH/c1-21-13-19(25)22-15-6-4-5-14(11-15)16-7-8-17(29-16)20(12-18(24)23-26)9-2-3-10-30(20,27)28;/h4-8,11,21,26H,2-3,9-10,12-13H2,1H3,(H,22,25)(H,23,24);1H/t20-;/m0./s1. The molecule has 0 aliphatic carbocycles. The topological polar surface area (TPSA) is 125 Å². The van der Waals surface area contributed by atoms with E-state index in [-0.39, 0.29) is 37.0 Å². The van der Waals surface area contributed by atoms with E-state index in [2.05, 4.69) is 10.6 Å². The summed E-state index contributed by atoms with van der Waals surface area (Å²) in [6.45, 7) is 0.195. The molecular weight excluding hydrogens is 462 g/mol. The highest BCUT2D eigenvalue weighted by Gasteiger charge is 2.49. The number of hydrogen-bond donors (Lipinski definition) is 4. The predicted molar refractivity (Wildman–Crippen MR) is 123 cm³/mol. The number of hydroxylamine groups is 1. The molecule has 170 valence electrons. The van der Waals surface area contributed by atoms with Crippen LogP contribution in [0, 0.1) is 0 Å². The molecule has 1 aromatic carbocycles. The Morgan fingerprint density at radius 2 is 1.94 bits per heavy atom. The monoisotopic (exact) mass is 487 g/mol. The third-order valence-corrected chi connectivity index (χ3v) is 9.29. The maximum atomic E-state index is 13.0. The Morgan fingerprint density at radius 1 is 1.16 bits per heavy atom. The van der Waals surface area contributed by atoms with Crippen molar-refractivity contribution in [3.05, 3.63) is 41.3 Å². The Labute approximate surface area is 191 Å². The number of nitrogens with one attached hydrogen (secondary N) is 3. The number of amides is 2. The van der Waals surface area contributed by atoms with Crippen LogP contribution in [-0.4, -0.2) is 44.8 Å². The van der Waals surface area contributed by atoms with E-state index < -0.39 is 20.5 Å². The van der Waals surface area contributed by atoms with Gasteiger partial charge in [-0.3, -0.25) is 14.8 Å². The minimum absolute atomic E-state index is 0. The zero-order valence-corrected chi connectivity index (χ0v) is 19.5. The van der Waals surface area contributed by atoms with Crippen LogP contribution in [0.2, 0.25) is 0 Å². The minimum Gasteiger partial charge on any atom is -0.325 e. The van der Waals surface area contributed by atoms with Crippen molar-refractivity contribution in [2.75, 3.05) is 24.7 Å². The Hall–Kier alpha value is -1.98. The van der Waals surface area contributed by atoms with Crippen LogP contribution in [-0.2, 0) is 24.2 Å². The van der Waals surface area contributed by atoms with Crippen molar-refractivity contribution in [3.63, 3.8) is 0 Å². The second-order valence-corrected chi connectivity index (χ2v) is 10.8. The molecule has 1 fully saturated rings. The normalized spacial score (nSPS) is 19.8. The summed E-state index contributed by atoms with van der Waals surface area (Å²) in [7, 11) is -1.88. The fraction of sp³-hybridized carbons (Fsp3) is 0.400. The van der Waals surface area contributed by atoms with Gasteiger partial charge in [0, 0.05) is 15.4 Å². The average molecular weight is 488 g/mol. The smallest absolute Gasteiger partial charge is 0.245 e. The second-order valence-electron chi connectivity index (χ2n) is 7.31. The molecule has 4 N–H and O–H groups in total. The van der Waals surface area contributed by atoms with Crippen LogP contribution in [0.1, 0.15) is 30.6 Å². The molecule has 1 aromatic heterocycles. The van der Waals surface area contributed by atoms with Crippen LogP contribution in [0.4, 0.5) is 5.69 Å². The van der Waals surface area contributed by atoms with Gasteiger partial charge in [0.05, 0.1) is 18.7 Å². The molecule has 31 heavy (non-hydrogen) atoms. The molecule has 0 unspecified atom stereocenters. The third kappa shape index (κ3) is 5.45. The van der Waals surface area contributed by atoms with E-state index >= 15 is 0 Å². The molecule has 3 rings (SSSR count). The quantitative estimate of drug-likeness (QED) is 0.351. The van der Waals surface area contributed by atoms with E-state index in [4.69, 9.17) is 5.21 Å². The summed E-state index contributed by atoms with van der Waals surface area (Å²) in [5.41, 5.74) is 3.05. The molecule has 2 aromatic rings. The Kier molecular flexibility index (Phi) is 8.61. The number of sulfone groups is 1. The Bertz CT molecular complexity index is 1040. The van der Waals surface area contributed by atoms with Gasteiger partial charge in [0.2, 0.25) is 11.8 Å². The van der Waals surface area contributed by atoms with Crippen LogP contribution in [0.3, 0.4) is 0 Å². The van der Waals surface area contributed by atoms with Gasteiger partial charge in [-0.15, -0.1) is 23.7 Å². The first-order valence-electron chi connectivity index (χ1n) is 9.62. The summed E-state index contributed by atoms with van der Waals surface area (Å²) < 4.78 is 24.7. The highest BCUT2D eigenvalue weighted by Crippen LogP contribution is 2.47. The van der Waals surface area contributed by atoms with Crippen molar-refractivity contribution in [1.82, 2.24) is 10.8 Å². The fourth-order valence-electron chi connectivity index (χ4n) is 3.77. The number of thiophene rings is 1. The maximum absolute atomic E-state index is 13.0. The molecular formula is C20H26ClN3O5S2. The van der Waals surface area contributed by atoms with E-state index in [9.17, 15) is 18.0 Å². The average Bonchev–Trinajstić information content (AvgIpc) is 3.20. The molecule has 2 amide bonds. The van der Waals surface area contributed by atoms with E-state index in [0.29, 0.717) is 29.8 Å². The highest BCUT2D eigenvalue weighted by molar-refractivity contribution is 7.92. The SMILES string of the molecule is CNCC(=O)Nc1cccc(-c2ccc([C@@]3(CC(=O)NO)CCCCS3(=O)=O)s2)c1.Cl. The molecule has 0 bridgehead atoms. The molecule has 0 spiro atoms. The molecule has 11 heteroatoms. The van der Waals surface area contributed by atoms with Crippen LogP contribution in [0.25, 0.3) is 10.4 Å². The molecule has 0 radical (unpaired) electrons. The van der Waals surface area contributed by atoms with Crippen molar-refractivity contribution in [2.24, 2.45) is 0 Å². The third-order valence-electron chi connectivity index (χ3n) is 5.23. The molecule has 8 nitrogen and oxygen atoms in total. The van der Waals surface area contributed by atoms with Crippen LogP contribution < -0.4 is 16.1 Å². The van der Waals surface area contributed by atoms with Gasteiger partial charge in [-0.1, -0.05) is 18.6 Å². The first-order chi connectivity index (χ1) is 14.3. The van der Waals surface area contributed by atoms with Crippen molar-refractivity contribution in [3.8, 4) is 10.4 Å². The summed E-state index contributed by atoms with van der Waals surface area (Å²) in [5.74, 6) is -0.861. The van der Waals surface area contributed by atoms with Gasteiger partial charge in [0.1, 0.15) is 4.75 Å². The van der Waals surface area contributed by atoms with E-state index in [1.54, 1.807) is 24.7 Å². The number of likely N-dealkylation sites (N-methyl/N-ethyl adjacent to an activating group) is 1. The second kappa shape index (κ2) is 10.6. The lowest BCUT2D eigenvalue weighted by Gasteiger charge is -2.35. The van der Waals surface area contributed by atoms with Crippen molar-refractivity contribution in [1.29, 1.82) is 0 Å². The van der Waals surface area contributed by atoms with Crippen LogP contribution in [0.5, 0.6) is 0 Å². The van der Waals surface area contributed by atoms with Crippen molar-refractivity contribution >= 4 is 51.1 Å². The zero-order chi connectivity index (χ0) is 21.8. The number of benzene rings is 1. The lowest BCUT2D eigenvalue weighted by Crippen LogP contribution is -2.43. The van der Waals surface area contributed by atoms with Gasteiger partial charge >= 0.3 is 0 Å². The molecule has 1 atom stereocenters. The van der Waals surface area contributed by atoms with E-state index in [1.165, 1.54) is 11.3 Å². The minimum atomic E-state index is -3.57. The first-order valence-corrected chi connectivity index (χ1v) is 12.1. The summed E-state index contributed by atoms with van der Waals surface area (Å²) in [6.07, 6.45) is 1.28. The van der Waals surface area contributed by atoms with Gasteiger partial charge < -0.3 is 10.6 Å². The number of anilines is 1. The number of carbonyl (C=O) groups is 2. The molecule has 1 aliphatic heterocycles. The van der Waals surface area contributed by atoms with Gasteiger partial charge in [0.25, 0.3) is 0 Å². The summed E-state index contributed by atoms with van der Waals surface area (Å²) in [5, 5.41) is 14.6. The Balaban J connectivity index is 0.00000341. The maximum Gasteiger partial charge on any atom is 0.245 e. The van der Waals surface area contributed by atoms with Crippen LogP contribution in [0.15, 0.2) is 36.4 Å². The van der Waals surface area contributed by atoms with Gasteiger partial charge in [0.15, 0.2) is 9.84 Å². The molecule has 0 saturated carbocycles. The largest absolute Gasteiger partial charge is 0.325 e. The molecule has 2 heterocycles. The zero-order valence-electron chi connectivity index (χ0n) is 17.0. The number of hydrogen-bond acceptors (Lipinski definition) is 7. The van der Waals surface area contributed by atoms with Crippen molar-refractivity contribution < 1.29 is 23.2 Å². The highest BCUT2D eigenvalue weighted by atomic mass is 35.5. The summed E-state index contributed by atoms with van der Waals surface area (Å²) >= 11 is 1.32. The predicted octanol–water partition coefficient (Wildman–Crippen LogP) is 2.68. The first kappa shape index (κ1) is 25.3. The van der Waals surface area contributed by atoms with Gasteiger partial charge in [-0.25, -0.2) is 13.9 Å². The lowest BCUT2D eigenvalue weighted by atomic mass is 9.94.